The van der Waals surface area contributed by atoms with Gasteiger partial charge in [-0.15, -0.1) is 0 Å². The van der Waals surface area contributed by atoms with Crippen LogP contribution < -0.4 is 5.32 Å². The maximum absolute atomic E-state index is 13.3. The summed E-state index contributed by atoms with van der Waals surface area (Å²) >= 11 is 0. The topological polar surface area (TPSA) is 92.3 Å². The molecule has 0 bridgehead atoms. The van der Waals surface area contributed by atoms with E-state index < -0.39 is 23.3 Å². The average Bonchev–Trinajstić information content (AvgIpc) is 3.22. The normalized spacial score (nSPS) is 13.1. The van der Waals surface area contributed by atoms with Gasteiger partial charge in [0.25, 0.3) is 5.91 Å². The number of aliphatic imine (C=N–C) groups is 1. The summed E-state index contributed by atoms with van der Waals surface area (Å²) in [7, 11) is 1.51. The number of amidine groups is 1. The Morgan fingerprint density at radius 3 is 2.64 bits per heavy atom. The minimum absolute atomic E-state index is 0.0967. The molecule has 1 amide bonds. The summed E-state index contributed by atoms with van der Waals surface area (Å²) < 4.78 is 58.1. The minimum Gasteiger partial charge on any atom is -0.384 e. The number of hydrogen-bond donors (Lipinski definition) is 2. The number of benzene rings is 1. The van der Waals surface area contributed by atoms with Crippen molar-refractivity contribution in [1.82, 2.24) is 20.5 Å². The second-order valence-electron chi connectivity index (χ2n) is 7.32. The number of hydrogen-bond acceptors (Lipinski definition) is 5. The highest BCUT2D eigenvalue weighted by molar-refractivity contribution is 6.07. The number of aromatic amines is 1. The van der Waals surface area contributed by atoms with Crippen LogP contribution >= 0.6 is 0 Å². The lowest BCUT2D eigenvalue weighted by Gasteiger charge is -2.15. The largest absolute Gasteiger partial charge is 0.434 e. The van der Waals surface area contributed by atoms with Crippen LogP contribution in [0.2, 0.25) is 0 Å². The zero-order valence-electron chi connectivity index (χ0n) is 17.8. The van der Waals surface area contributed by atoms with Gasteiger partial charge in [-0.05, 0) is 47.9 Å². The molecule has 1 aromatic carbocycles. The van der Waals surface area contributed by atoms with Crippen LogP contribution in [-0.4, -0.2) is 40.6 Å². The Morgan fingerprint density at radius 2 is 1.97 bits per heavy atom. The summed E-state index contributed by atoms with van der Waals surface area (Å²) in [4.78, 5) is 20.3. The molecule has 11 heteroatoms. The number of pyridine rings is 1. The van der Waals surface area contributed by atoms with Crippen molar-refractivity contribution in [3.05, 3.63) is 65.7 Å². The van der Waals surface area contributed by atoms with Gasteiger partial charge in [0.15, 0.2) is 11.5 Å². The number of H-pyrrole nitrogens is 1. The molecule has 2 aromatic heterocycles. The second-order valence-corrected chi connectivity index (χ2v) is 7.32. The Kier molecular flexibility index (Phi) is 7.54. The summed E-state index contributed by atoms with van der Waals surface area (Å²) in [6, 6.07) is 9.57. The maximum atomic E-state index is 13.3. The highest BCUT2D eigenvalue weighted by Crippen LogP contribution is 2.30. The quantitative estimate of drug-likeness (QED) is 0.300. The molecule has 3 aromatic rings. The molecule has 0 unspecified atom stereocenters. The molecule has 0 aliphatic heterocycles. The number of amides is 1. The number of aromatic nitrogens is 3. The first-order valence-corrected chi connectivity index (χ1v) is 9.88. The van der Waals surface area contributed by atoms with Gasteiger partial charge in [0.2, 0.25) is 0 Å². The predicted molar refractivity (Wildman–Crippen MR) is 113 cm³/mol. The average molecular weight is 463 g/mol. The molecule has 0 fully saturated rings. The van der Waals surface area contributed by atoms with Gasteiger partial charge in [0.1, 0.15) is 11.7 Å². The monoisotopic (exact) mass is 463 g/mol. The number of halogens is 4. The van der Waals surface area contributed by atoms with Gasteiger partial charge in [0, 0.05) is 32.4 Å². The lowest BCUT2D eigenvalue weighted by Crippen LogP contribution is -2.34. The Morgan fingerprint density at radius 1 is 1.24 bits per heavy atom. The smallest absolute Gasteiger partial charge is 0.384 e. The number of nitrogens with zero attached hydrogens (tertiary/aromatic N) is 3. The third kappa shape index (κ3) is 6.45. The van der Waals surface area contributed by atoms with Crippen LogP contribution in [-0.2, 0) is 10.9 Å². The van der Waals surface area contributed by atoms with Crippen molar-refractivity contribution in [3.8, 4) is 11.3 Å². The molecule has 174 valence electrons. The molecule has 0 saturated heterocycles. The minimum atomic E-state index is -4.79. The van der Waals surface area contributed by atoms with Crippen LogP contribution in [0.3, 0.4) is 0 Å². The summed E-state index contributed by atoms with van der Waals surface area (Å²) in [6.07, 6.45) is -3.61. The van der Waals surface area contributed by atoms with E-state index in [2.05, 4.69) is 25.5 Å². The SMILES string of the molecule is COC[C@H](C)CC(=Nc1cc(-c2ccc(F)cc2)[nH]n1)NC(=O)c1cccnc1C(F)(F)F. The fourth-order valence-electron chi connectivity index (χ4n) is 3.09. The Labute approximate surface area is 186 Å². The molecular formula is C22H21F4N5O2. The predicted octanol–water partition coefficient (Wildman–Crippen LogP) is 4.76. The van der Waals surface area contributed by atoms with Gasteiger partial charge in [-0.25, -0.2) is 9.38 Å². The molecule has 2 heterocycles. The van der Waals surface area contributed by atoms with Crippen molar-refractivity contribution < 1.29 is 27.1 Å². The first-order valence-electron chi connectivity index (χ1n) is 9.88. The van der Waals surface area contributed by atoms with E-state index >= 15 is 0 Å². The van der Waals surface area contributed by atoms with E-state index in [0.717, 1.165) is 12.3 Å². The van der Waals surface area contributed by atoms with Crippen LogP contribution in [0, 0.1) is 11.7 Å². The number of alkyl halides is 3. The number of rotatable bonds is 7. The van der Waals surface area contributed by atoms with Crippen LogP contribution in [0.5, 0.6) is 0 Å². The van der Waals surface area contributed by atoms with E-state index in [1.54, 1.807) is 18.2 Å². The summed E-state index contributed by atoms with van der Waals surface area (Å²) in [6.45, 7) is 2.18. The Bertz CT molecular complexity index is 1130. The molecule has 33 heavy (non-hydrogen) atoms. The zero-order chi connectivity index (χ0) is 24.0. The van der Waals surface area contributed by atoms with Crippen molar-refractivity contribution >= 4 is 17.6 Å². The van der Waals surface area contributed by atoms with Crippen LogP contribution in [0.15, 0.2) is 53.7 Å². The molecule has 0 radical (unpaired) electrons. The van der Waals surface area contributed by atoms with Gasteiger partial charge in [-0.1, -0.05) is 6.92 Å². The van der Waals surface area contributed by atoms with Crippen molar-refractivity contribution in [2.24, 2.45) is 10.9 Å². The lowest BCUT2D eigenvalue weighted by atomic mass is 10.1. The summed E-state index contributed by atoms with van der Waals surface area (Å²) in [5.74, 6) is -1.17. The second kappa shape index (κ2) is 10.3. The third-order valence-corrected chi connectivity index (χ3v) is 4.54. The molecule has 0 aliphatic carbocycles. The number of ether oxygens (including phenoxy) is 1. The highest BCUT2D eigenvalue weighted by atomic mass is 19.4. The first kappa shape index (κ1) is 24.1. The molecule has 3 rings (SSSR count). The molecule has 0 aliphatic rings. The zero-order valence-corrected chi connectivity index (χ0v) is 17.8. The Hall–Kier alpha value is -3.60. The van der Waals surface area contributed by atoms with Gasteiger partial charge in [0.05, 0.1) is 11.3 Å². The van der Waals surface area contributed by atoms with E-state index in [0.29, 0.717) is 17.9 Å². The molecule has 1 atom stereocenters. The molecular weight excluding hydrogens is 442 g/mol. The third-order valence-electron chi connectivity index (χ3n) is 4.54. The standard InChI is InChI=1S/C22H21F4N5O2/c1-13(12-33-2)10-18(29-21(32)16-4-3-9-27-20(16)22(24,25)26)28-19-11-17(30-31-19)14-5-7-15(23)8-6-14/h3-9,11,13H,10,12H2,1-2H3,(H2,28,29,30,31,32)/t13-/m1/s1. The molecule has 0 spiro atoms. The van der Waals surface area contributed by atoms with Gasteiger partial charge in [-0.3, -0.25) is 14.9 Å². The van der Waals surface area contributed by atoms with Gasteiger partial charge in [-0.2, -0.15) is 18.3 Å². The van der Waals surface area contributed by atoms with E-state index in [1.807, 2.05) is 6.92 Å². The summed E-state index contributed by atoms with van der Waals surface area (Å²) in [5, 5.41) is 9.28. The van der Waals surface area contributed by atoms with Crippen LogP contribution in [0.1, 0.15) is 29.4 Å². The number of methoxy groups -OCH3 is 1. The maximum Gasteiger partial charge on any atom is 0.434 e. The van der Waals surface area contributed by atoms with E-state index in [-0.39, 0.29) is 29.8 Å². The van der Waals surface area contributed by atoms with Gasteiger partial charge < -0.3 is 10.1 Å². The molecule has 0 saturated carbocycles. The van der Waals surface area contributed by atoms with Crippen LogP contribution in [0.4, 0.5) is 23.4 Å². The van der Waals surface area contributed by atoms with Gasteiger partial charge >= 0.3 is 6.18 Å². The summed E-state index contributed by atoms with van der Waals surface area (Å²) in [5.41, 5.74) is -0.693. The van der Waals surface area contributed by atoms with Crippen molar-refractivity contribution in [2.75, 3.05) is 13.7 Å². The lowest BCUT2D eigenvalue weighted by molar-refractivity contribution is -0.141. The van der Waals surface area contributed by atoms with Crippen molar-refractivity contribution in [2.45, 2.75) is 19.5 Å². The number of carbonyl (C=O) groups excluding carboxylic acids is 1. The van der Waals surface area contributed by atoms with E-state index in [1.165, 1.54) is 25.3 Å². The fraction of sp³-hybridized carbons (Fsp3) is 0.273. The number of carbonyl (C=O) groups is 1. The van der Waals surface area contributed by atoms with E-state index in [4.69, 9.17) is 4.74 Å². The molecule has 2 N–H and O–H groups in total. The Balaban J connectivity index is 1.89. The van der Waals surface area contributed by atoms with E-state index in [9.17, 15) is 22.4 Å². The highest BCUT2D eigenvalue weighted by Gasteiger charge is 2.37. The first-order chi connectivity index (χ1) is 15.7. The van der Waals surface area contributed by atoms with Crippen LogP contribution in [0.25, 0.3) is 11.3 Å². The van der Waals surface area contributed by atoms with Crippen molar-refractivity contribution in [3.63, 3.8) is 0 Å². The van der Waals surface area contributed by atoms with Crippen molar-refractivity contribution in [1.29, 1.82) is 0 Å². The fourth-order valence-corrected chi connectivity index (χ4v) is 3.09. The number of nitrogens with one attached hydrogen (secondary N) is 2. The molecule has 7 nitrogen and oxygen atoms in total.